The first-order valence-corrected chi connectivity index (χ1v) is 6.46. The summed E-state index contributed by atoms with van der Waals surface area (Å²) in [5.74, 6) is 5.64. The fourth-order valence-electron chi connectivity index (χ4n) is 1.96. The summed E-state index contributed by atoms with van der Waals surface area (Å²) in [6.07, 6.45) is 4.51. The molecule has 6 heteroatoms. The Bertz CT molecular complexity index is 520. The van der Waals surface area contributed by atoms with Gasteiger partial charge in [0.2, 0.25) is 0 Å². The molecule has 1 atom stereocenters. The smallest absolute Gasteiger partial charge is 0.0642 e. The third kappa shape index (κ3) is 2.95. The van der Waals surface area contributed by atoms with Crippen molar-refractivity contribution in [2.75, 3.05) is 0 Å². The molecular weight excluding hydrogens is 294 g/mol. The third-order valence-corrected chi connectivity index (χ3v) is 3.30. The van der Waals surface area contributed by atoms with Crippen LogP contribution in [-0.4, -0.2) is 14.8 Å². The Kier molecular flexibility index (Phi) is 4.11. The van der Waals surface area contributed by atoms with Crippen LogP contribution in [0.1, 0.15) is 23.0 Å². The summed E-state index contributed by atoms with van der Waals surface area (Å²) in [5, 5.41) is 4.33. The van der Waals surface area contributed by atoms with E-state index in [1.54, 1.807) is 10.9 Å². The first-order valence-electron chi connectivity index (χ1n) is 5.67. The fraction of sp³-hybridized carbons (Fsp3) is 0.333. The molecule has 0 amide bonds. The molecule has 0 aliphatic rings. The van der Waals surface area contributed by atoms with Gasteiger partial charge >= 0.3 is 0 Å². The molecule has 0 fully saturated rings. The van der Waals surface area contributed by atoms with E-state index in [1.807, 2.05) is 32.3 Å². The normalized spacial score (nSPS) is 12.7. The molecule has 0 saturated heterocycles. The van der Waals surface area contributed by atoms with Crippen molar-refractivity contribution in [1.29, 1.82) is 0 Å². The maximum atomic E-state index is 5.64. The lowest BCUT2D eigenvalue weighted by atomic mass is 10.0. The SMILES string of the molecule is Cc1nn(C)cc1C(Cc1ccc(Br)cn1)NN. The van der Waals surface area contributed by atoms with Crippen molar-refractivity contribution in [2.45, 2.75) is 19.4 Å². The van der Waals surface area contributed by atoms with E-state index >= 15 is 0 Å². The van der Waals surface area contributed by atoms with Crippen LogP contribution in [0.3, 0.4) is 0 Å². The van der Waals surface area contributed by atoms with Gasteiger partial charge in [0.1, 0.15) is 0 Å². The van der Waals surface area contributed by atoms with Gasteiger partial charge in [-0.3, -0.25) is 20.9 Å². The average Bonchev–Trinajstić information content (AvgIpc) is 2.68. The Labute approximate surface area is 115 Å². The number of rotatable bonds is 4. The average molecular weight is 310 g/mol. The van der Waals surface area contributed by atoms with Gasteiger partial charge < -0.3 is 0 Å². The molecule has 5 nitrogen and oxygen atoms in total. The molecule has 18 heavy (non-hydrogen) atoms. The van der Waals surface area contributed by atoms with E-state index in [9.17, 15) is 0 Å². The minimum atomic E-state index is 0.0207. The van der Waals surface area contributed by atoms with Crippen molar-refractivity contribution in [3.8, 4) is 0 Å². The van der Waals surface area contributed by atoms with E-state index < -0.39 is 0 Å². The molecule has 96 valence electrons. The second-order valence-electron chi connectivity index (χ2n) is 4.23. The number of nitrogens with two attached hydrogens (primary N) is 1. The second kappa shape index (κ2) is 5.60. The summed E-state index contributed by atoms with van der Waals surface area (Å²) < 4.78 is 2.77. The van der Waals surface area contributed by atoms with Crippen LogP contribution in [-0.2, 0) is 13.5 Å². The van der Waals surface area contributed by atoms with Crippen LogP contribution in [0.5, 0.6) is 0 Å². The highest BCUT2D eigenvalue weighted by Crippen LogP contribution is 2.20. The molecule has 0 aliphatic carbocycles. The van der Waals surface area contributed by atoms with Crippen LogP contribution in [0, 0.1) is 6.92 Å². The molecule has 0 radical (unpaired) electrons. The van der Waals surface area contributed by atoms with Gasteiger partial charge in [0.05, 0.1) is 11.7 Å². The van der Waals surface area contributed by atoms with Crippen LogP contribution < -0.4 is 11.3 Å². The maximum Gasteiger partial charge on any atom is 0.0642 e. The van der Waals surface area contributed by atoms with Gasteiger partial charge in [-0.2, -0.15) is 5.10 Å². The summed E-state index contributed by atoms with van der Waals surface area (Å²) >= 11 is 3.37. The highest BCUT2D eigenvalue weighted by molar-refractivity contribution is 9.10. The quantitative estimate of drug-likeness (QED) is 0.665. The molecule has 0 aromatic carbocycles. The number of pyridine rings is 1. The number of aromatic nitrogens is 3. The number of hydrazine groups is 1. The van der Waals surface area contributed by atoms with Crippen molar-refractivity contribution in [3.05, 3.63) is 46.0 Å². The van der Waals surface area contributed by atoms with Crippen LogP contribution in [0.4, 0.5) is 0 Å². The van der Waals surface area contributed by atoms with E-state index in [2.05, 4.69) is 31.4 Å². The molecule has 2 heterocycles. The van der Waals surface area contributed by atoms with Gasteiger partial charge in [0, 0.05) is 41.6 Å². The van der Waals surface area contributed by atoms with E-state index in [4.69, 9.17) is 5.84 Å². The van der Waals surface area contributed by atoms with Gasteiger partial charge in [0.25, 0.3) is 0 Å². The molecule has 0 aliphatic heterocycles. The molecule has 0 bridgehead atoms. The number of halogens is 1. The highest BCUT2D eigenvalue weighted by Gasteiger charge is 2.16. The number of nitrogens with zero attached hydrogens (tertiary/aromatic N) is 3. The number of aryl methyl sites for hydroxylation is 2. The lowest BCUT2D eigenvalue weighted by Gasteiger charge is -2.14. The number of hydrogen-bond donors (Lipinski definition) is 2. The van der Waals surface area contributed by atoms with Gasteiger partial charge in [-0.05, 0) is 35.0 Å². The van der Waals surface area contributed by atoms with Crippen LogP contribution in [0.2, 0.25) is 0 Å². The maximum absolute atomic E-state index is 5.64. The van der Waals surface area contributed by atoms with Gasteiger partial charge in [-0.25, -0.2) is 0 Å². The van der Waals surface area contributed by atoms with Crippen molar-refractivity contribution < 1.29 is 0 Å². The first-order chi connectivity index (χ1) is 8.60. The Hall–Kier alpha value is -1.24. The topological polar surface area (TPSA) is 68.8 Å². The van der Waals surface area contributed by atoms with Crippen molar-refractivity contribution in [1.82, 2.24) is 20.2 Å². The van der Waals surface area contributed by atoms with Crippen LogP contribution in [0.25, 0.3) is 0 Å². The van der Waals surface area contributed by atoms with Gasteiger partial charge in [-0.1, -0.05) is 0 Å². The molecule has 3 N–H and O–H groups in total. The zero-order chi connectivity index (χ0) is 13.1. The van der Waals surface area contributed by atoms with Crippen molar-refractivity contribution >= 4 is 15.9 Å². The first kappa shape index (κ1) is 13.2. The van der Waals surface area contributed by atoms with E-state index in [-0.39, 0.29) is 6.04 Å². The lowest BCUT2D eigenvalue weighted by Crippen LogP contribution is -2.30. The van der Waals surface area contributed by atoms with E-state index in [0.29, 0.717) is 0 Å². The van der Waals surface area contributed by atoms with Crippen molar-refractivity contribution in [3.63, 3.8) is 0 Å². The number of hydrogen-bond acceptors (Lipinski definition) is 4. The molecule has 1 unspecified atom stereocenters. The molecule has 2 aromatic rings. The Morgan fingerprint density at radius 3 is 2.78 bits per heavy atom. The Balaban J connectivity index is 2.19. The van der Waals surface area contributed by atoms with Crippen molar-refractivity contribution in [2.24, 2.45) is 12.9 Å². The van der Waals surface area contributed by atoms with Crippen LogP contribution in [0.15, 0.2) is 29.0 Å². The summed E-state index contributed by atoms with van der Waals surface area (Å²) in [4.78, 5) is 4.36. The zero-order valence-corrected chi connectivity index (χ0v) is 12.0. The fourth-order valence-corrected chi connectivity index (χ4v) is 2.19. The lowest BCUT2D eigenvalue weighted by molar-refractivity contribution is 0.543. The highest BCUT2D eigenvalue weighted by atomic mass is 79.9. The summed E-state index contributed by atoms with van der Waals surface area (Å²) in [7, 11) is 1.90. The second-order valence-corrected chi connectivity index (χ2v) is 5.15. The van der Waals surface area contributed by atoms with Crippen LogP contribution >= 0.6 is 15.9 Å². The monoisotopic (exact) mass is 309 g/mol. The Morgan fingerprint density at radius 1 is 1.50 bits per heavy atom. The standard InChI is InChI=1S/C12H16BrN5/c1-8-11(7-18(2)17-8)12(16-14)5-10-4-3-9(13)6-15-10/h3-4,6-7,12,16H,5,14H2,1-2H3. The third-order valence-electron chi connectivity index (χ3n) is 2.83. The summed E-state index contributed by atoms with van der Waals surface area (Å²) in [5.41, 5.74) is 5.91. The molecule has 0 saturated carbocycles. The predicted molar refractivity (Wildman–Crippen MR) is 73.7 cm³/mol. The minimum absolute atomic E-state index is 0.0207. The Morgan fingerprint density at radius 2 is 2.28 bits per heavy atom. The number of nitrogens with one attached hydrogen (secondary N) is 1. The van der Waals surface area contributed by atoms with Gasteiger partial charge in [-0.15, -0.1) is 0 Å². The zero-order valence-electron chi connectivity index (χ0n) is 10.4. The molecule has 2 aromatic heterocycles. The van der Waals surface area contributed by atoms with Gasteiger partial charge in [0.15, 0.2) is 0 Å². The predicted octanol–water partition coefficient (Wildman–Crippen LogP) is 1.63. The minimum Gasteiger partial charge on any atom is -0.275 e. The molecular formula is C12H16BrN5. The largest absolute Gasteiger partial charge is 0.275 e. The van der Waals surface area contributed by atoms with E-state index in [0.717, 1.165) is 27.8 Å². The summed E-state index contributed by atoms with van der Waals surface area (Å²) in [6, 6.07) is 3.99. The summed E-state index contributed by atoms with van der Waals surface area (Å²) in [6.45, 7) is 1.98. The molecule has 2 rings (SSSR count). The van der Waals surface area contributed by atoms with E-state index in [1.165, 1.54) is 0 Å². The molecule has 0 spiro atoms.